The number of benzene rings is 1. The molecule has 124 valence electrons. The first-order valence-electron chi connectivity index (χ1n) is 7.31. The van der Waals surface area contributed by atoms with Gasteiger partial charge in [-0.1, -0.05) is 0 Å². The first kappa shape index (κ1) is 15.7. The number of nitrogens with one attached hydrogen (secondary N) is 2. The summed E-state index contributed by atoms with van der Waals surface area (Å²) in [5.41, 5.74) is 2.08. The highest BCUT2D eigenvalue weighted by Crippen LogP contribution is 2.12. The van der Waals surface area contributed by atoms with Gasteiger partial charge < -0.3 is 15.4 Å². The number of ether oxygens (including phenoxy) is 1. The van der Waals surface area contributed by atoms with Crippen LogP contribution in [0.2, 0.25) is 0 Å². The van der Waals surface area contributed by atoms with Gasteiger partial charge in [0.05, 0.1) is 43.1 Å². The fraction of sp³-hybridized carbons (Fsp3) is 0.200. The number of aromatic nitrogens is 5. The molecule has 2 amide bonds. The molecule has 0 saturated carbocycles. The summed E-state index contributed by atoms with van der Waals surface area (Å²) in [7, 11) is 1.63. The lowest BCUT2D eigenvalue weighted by atomic mass is 10.3. The van der Waals surface area contributed by atoms with Crippen molar-refractivity contribution in [2.45, 2.75) is 6.54 Å². The van der Waals surface area contributed by atoms with E-state index in [0.29, 0.717) is 24.5 Å². The van der Waals surface area contributed by atoms with E-state index in [2.05, 4.69) is 25.9 Å². The van der Waals surface area contributed by atoms with Crippen LogP contribution in [0.1, 0.15) is 0 Å². The molecule has 0 saturated heterocycles. The zero-order valence-corrected chi connectivity index (χ0v) is 13.1. The molecule has 0 bridgehead atoms. The summed E-state index contributed by atoms with van der Waals surface area (Å²) >= 11 is 0. The Labute approximate surface area is 138 Å². The zero-order valence-electron chi connectivity index (χ0n) is 13.1. The van der Waals surface area contributed by atoms with Gasteiger partial charge in [-0.2, -0.15) is 20.1 Å². The van der Waals surface area contributed by atoms with Gasteiger partial charge in [0.15, 0.2) is 0 Å². The summed E-state index contributed by atoms with van der Waals surface area (Å²) in [6.45, 7) is 1.19. The number of hydrogen-bond acceptors (Lipinski definition) is 5. The van der Waals surface area contributed by atoms with Gasteiger partial charge in [0.25, 0.3) is 0 Å². The smallest absolute Gasteiger partial charge is 0.323 e. The number of amides is 2. The molecule has 0 unspecified atom stereocenters. The average molecular weight is 327 g/mol. The summed E-state index contributed by atoms with van der Waals surface area (Å²) in [4.78, 5) is 13.5. The molecule has 1 aromatic carbocycles. The van der Waals surface area contributed by atoms with E-state index >= 15 is 0 Å². The molecular weight excluding hydrogens is 310 g/mol. The minimum absolute atomic E-state index is 0.341. The molecule has 0 aliphatic heterocycles. The van der Waals surface area contributed by atoms with Gasteiger partial charge in [0.1, 0.15) is 0 Å². The number of carbonyl (C=O) groups excluding carboxylic acids is 1. The van der Waals surface area contributed by atoms with Gasteiger partial charge in [-0.25, -0.2) is 4.79 Å². The lowest BCUT2D eigenvalue weighted by Crippen LogP contribution is -2.19. The highest BCUT2D eigenvalue weighted by atomic mass is 16.5. The molecule has 0 radical (unpaired) electrons. The molecule has 0 fully saturated rings. The fourth-order valence-electron chi connectivity index (χ4n) is 2.06. The van der Waals surface area contributed by atoms with Crippen molar-refractivity contribution >= 4 is 17.4 Å². The molecule has 0 spiro atoms. The SMILES string of the molecule is COCCn1cc(NC(=O)Nc2ccc(-n3nccn3)cc2)cn1. The molecule has 2 N–H and O–H groups in total. The second kappa shape index (κ2) is 7.38. The molecule has 0 aliphatic rings. The molecular formula is C15H17N7O2. The average Bonchev–Trinajstić information content (AvgIpc) is 3.25. The lowest BCUT2D eigenvalue weighted by Gasteiger charge is -2.07. The molecule has 9 heteroatoms. The number of anilines is 2. The minimum atomic E-state index is -0.341. The Bertz CT molecular complexity index is 781. The number of hydrogen-bond donors (Lipinski definition) is 2. The van der Waals surface area contributed by atoms with E-state index in [1.807, 2.05) is 12.1 Å². The standard InChI is InChI=1S/C15H17N7O2/c1-24-9-8-21-11-13(10-18-21)20-15(23)19-12-2-4-14(5-3-12)22-16-6-7-17-22/h2-7,10-11H,8-9H2,1H3,(H2,19,20,23). The van der Waals surface area contributed by atoms with E-state index in [4.69, 9.17) is 4.74 Å². The first-order chi connectivity index (χ1) is 11.7. The molecule has 24 heavy (non-hydrogen) atoms. The van der Waals surface area contributed by atoms with Crippen molar-refractivity contribution in [3.05, 3.63) is 49.1 Å². The van der Waals surface area contributed by atoms with Crippen molar-refractivity contribution in [2.75, 3.05) is 24.4 Å². The zero-order chi connectivity index (χ0) is 16.8. The maximum atomic E-state index is 12.0. The number of urea groups is 1. The third-order valence-electron chi connectivity index (χ3n) is 3.19. The molecule has 2 aromatic heterocycles. The Kier molecular flexibility index (Phi) is 4.82. The number of methoxy groups -OCH3 is 1. The van der Waals surface area contributed by atoms with Crippen LogP contribution in [0.25, 0.3) is 5.69 Å². The Balaban J connectivity index is 1.55. The third kappa shape index (κ3) is 3.96. The van der Waals surface area contributed by atoms with Crippen LogP contribution in [-0.4, -0.2) is 44.5 Å². The highest BCUT2D eigenvalue weighted by Gasteiger charge is 2.05. The van der Waals surface area contributed by atoms with Crippen molar-refractivity contribution in [3.8, 4) is 5.69 Å². The quantitative estimate of drug-likeness (QED) is 0.718. The van der Waals surface area contributed by atoms with E-state index in [1.165, 1.54) is 4.80 Å². The van der Waals surface area contributed by atoms with Crippen molar-refractivity contribution in [1.29, 1.82) is 0 Å². The van der Waals surface area contributed by atoms with Crippen LogP contribution in [0.4, 0.5) is 16.2 Å². The second-order valence-electron chi connectivity index (χ2n) is 4.93. The summed E-state index contributed by atoms with van der Waals surface area (Å²) in [5, 5.41) is 17.7. The van der Waals surface area contributed by atoms with Crippen molar-refractivity contribution in [3.63, 3.8) is 0 Å². The van der Waals surface area contributed by atoms with Gasteiger partial charge in [-0.3, -0.25) is 4.68 Å². The minimum Gasteiger partial charge on any atom is -0.383 e. The van der Waals surface area contributed by atoms with Crippen LogP contribution >= 0.6 is 0 Å². The summed E-state index contributed by atoms with van der Waals surface area (Å²) in [6.07, 6.45) is 6.53. The lowest BCUT2D eigenvalue weighted by molar-refractivity contribution is 0.183. The molecule has 2 heterocycles. The van der Waals surface area contributed by atoms with Crippen molar-refractivity contribution in [1.82, 2.24) is 24.8 Å². The Morgan fingerprint density at radius 3 is 2.50 bits per heavy atom. The van der Waals surface area contributed by atoms with Crippen LogP contribution in [-0.2, 0) is 11.3 Å². The van der Waals surface area contributed by atoms with E-state index in [9.17, 15) is 4.79 Å². The van der Waals surface area contributed by atoms with Crippen LogP contribution in [0.3, 0.4) is 0 Å². The second-order valence-corrected chi connectivity index (χ2v) is 4.93. The maximum Gasteiger partial charge on any atom is 0.323 e. The molecule has 0 atom stereocenters. The molecule has 9 nitrogen and oxygen atoms in total. The van der Waals surface area contributed by atoms with Crippen LogP contribution in [0.5, 0.6) is 0 Å². The maximum absolute atomic E-state index is 12.0. The predicted octanol–water partition coefficient (Wildman–Crippen LogP) is 1.75. The van der Waals surface area contributed by atoms with E-state index in [-0.39, 0.29) is 6.03 Å². The molecule has 3 rings (SSSR count). The summed E-state index contributed by atoms with van der Waals surface area (Å²) < 4.78 is 6.68. The summed E-state index contributed by atoms with van der Waals surface area (Å²) in [6, 6.07) is 6.85. The van der Waals surface area contributed by atoms with Gasteiger partial charge in [-0.15, -0.1) is 0 Å². The number of rotatable bonds is 6. The number of nitrogens with zero attached hydrogens (tertiary/aromatic N) is 5. The van der Waals surface area contributed by atoms with Gasteiger partial charge >= 0.3 is 6.03 Å². The fourth-order valence-corrected chi connectivity index (χ4v) is 2.06. The van der Waals surface area contributed by atoms with Crippen molar-refractivity contribution < 1.29 is 9.53 Å². The van der Waals surface area contributed by atoms with E-state index < -0.39 is 0 Å². The Morgan fingerprint density at radius 2 is 1.79 bits per heavy atom. The van der Waals surface area contributed by atoms with E-state index in [0.717, 1.165) is 5.69 Å². The van der Waals surface area contributed by atoms with Crippen LogP contribution < -0.4 is 10.6 Å². The summed E-state index contributed by atoms with van der Waals surface area (Å²) in [5.74, 6) is 0. The van der Waals surface area contributed by atoms with Crippen LogP contribution in [0.15, 0.2) is 49.1 Å². The van der Waals surface area contributed by atoms with Gasteiger partial charge in [0, 0.05) is 19.0 Å². The molecule has 0 aliphatic carbocycles. The normalized spacial score (nSPS) is 10.5. The topological polar surface area (TPSA) is 98.9 Å². The third-order valence-corrected chi connectivity index (χ3v) is 3.19. The first-order valence-corrected chi connectivity index (χ1v) is 7.31. The highest BCUT2D eigenvalue weighted by molar-refractivity contribution is 5.99. The Hall–Kier alpha value is -3.20. The number of carbonyl (C=O) groups is 1. The molecule has 3 aromatic rings. The van der Waals surface area contributed by atoms with Crippen molar-refractivity contribution in [2.24, 2.45) is 0 Å². The van der Waals surface area contributed by atoms with Gasteiger partial charge in [0.2, 0.25) is 0 Å². The van der Waals surface area contributed by atoms with Gasteiger partial charge in [-0.05, 0) is 24.3 Å². The Morgan fingerprint density at radius 1 is 1.08 bits per heavy atom. The van der Waals surface area contributed by atoms with E-state index in [1.54, 1.807) is 48.7 Å². The monoisotopic (exact) mass is 327 g/mol. The largest absolute Gasteiger partial charge is 0.383 e. The van der Waals surface area contributed by atoms with Crippen LogP contribution in [0, 0.1) is 0 Å². The predicted molar refractivity (Wildman–Crippen MR) is 88.1 cm³/mol.